The molecule has 2 N–H and O–H groups in total. The fourth-order valence-electron chi connectivity index (χ4n) is 0.921. The Balaban J connectivity index is 3.17. The van der Waals surface area contributed by atoms with Gasteiger partial charge in [0.2, 0.25) is 0 Å². The van der Waals surface area contributed by atoms with E-state index in [9.17, 15) is 12.8 Å². The first-order chi connectivity index (χ1) is 6.29. The highest BCUT2D eigenvalue weighted by Crippen LogP contribution is 2.24. The van der Waals surface area contributed by atoms with E-state index in [4.69, 9.17) is 5.73 Å². The van der Waals surface area contributed by atoms with Gasteiger partial charge >= 0.3 is 10.1 Å². The molecule has 0 bridgehead atoms. The van der Waals surface area contributed by atoms with Crippen LogP contribution in [-0.2, 0) is 10.1 Å². The van der Waals surface area contributed by atoms with E-state index in [0.29, 0.717) is 5.56 Å². The van der Waals surface area contributed by atoms with E-state index >= 15 is 0 Å². The summed E-state index contributed by atoms with van der Waals surface area (Å²) in [7, 11) is -3.61. The molecule has 0 fully saturated rings. The second-order valence-electron chi connectivity index (χ2n) is 2.93. The molecule has 0 atom stereocenters. The van der Waals surface area contributed by atoms with E-state index in [0.717, 1.165) is 18.4 Å². The van der Waals surface area contributed by atoms with Gasteiger partial charge in [-0.2, -0.15) is 8.42 Å². The third kappa shape index (κ3) is 2.59. The summed E-state index contributed by atoms with van der Waals surface area (Å²) in [5, 5.41) is 0. The number of rotatable bonds is 2. The average molecular weight is 219 g/mol. The summed E-state index contributed by atoms with van der Waals surface area (Å²) in [6.45, 7) is 1.53. The number of hydrogen-bond acceptors (Lipinski definition) is 4. The Morgan fingerprint density at radius 2 is 2.00 bits per heavy atom. The normalized spacial score (nSPS) is 11.4. The van der Waals surface area contributed by atoms with Gasteiger partial charge in [0.25, 0.3) is 0 Å². The molecule has 0 spiro atoms. The van der Waals surface area contributed by atoms with Crippen molar-refractivity contribution in [1.29, 1.82) is 0 Å². The van der Waals surface area contributed by atoms with Gasteiger partial charge in [0, 0.05) is 6.07 Å². The zero-order chi connectivity index (χ0) is 10.9. The van der Waals surface area contributed by atoms with Crippen molar-refractivity contribution >= 4 is 15.8 Å². The van der Waals surface area contributed by atoms with Gasteiger partial charge in [-0.05, 0) is 18.6 Å². The Morgan fingerprint density at radius 3 is 2.50 bits per heavy atom. The molecule has 4 nitrogen and oxygen atoms in total. The van der Waals surface area contributed by atoms with Crippen molar-refractivity contribution in [3.05, 3.63) is 23.5 Å². The summed E-state index contributed by atoms with van der Waals surface area (Å²) in [6, 6.07) is 2.27. The highest BCUT2D eigenvalue weighted by molar-refractivity contribution is 7.86. The highest BCUT2D eigenvalue weighted by Gasteiger charge is 2.10. The van der Waals surface area contributed by atoms with E-state index in [1.807, 2.05) is 0 Å². The number of nitrogen functional groups attached to an aromatic ring is 1. The number of benzene rings is 1. The molecule has 14 heavy (non-hydrogen) atoms. The van der Waals surface area contributed by atoms with Gasteiger partial charge in [-0.1, -0.05) is 0 Å². The Bertz CT molecular complexity index is 456. The molecule has 0 unspecified atom stereocenters. The number of nitrogens with two attached hydrogens (primary N) is 1. The van der Waals surface area contributed by atoms with Gasteiger partial charge in [0.1, 0.15) is 11.6 Å². The lowest BCUT2D eigenvalue weighted by Gasteiger charge is -2.07. The van der Waals surface area contributed by atoms with E-state index in [2.05, 4.69) is 4.18 Å². The number of aryl methyl sites for hydroxylation is 1. The molecule has 1 aromatic rings. The van der Waals surface area contributed by atoms with Crippen LogP contribution in [0, 0.1) is 12.7 Å². The number of hydrogen-bond donors (Lipinski definition) is 1. The van der Waals surface area contributed by atoms with Gasteiger partial charge in [-0.15, -0.1) is 0 Å². The molecule has 0 aliphatic heterocycles. The molecule has 0 radical (unpaired) electrons. The lowest BCUT2D eigenvalue weighted by molar-refractivity contribution is 0.490. The van der Waals surface area contributed by atoms with Crippen LogP contribution in [-0.4, -0.2) is 14.7 Å². The Hall–Kier alpha value is -1.30. The predicted molar refractivity (Wildman–Crippen MR) is 51.0 cm³/mol. The van der Waals surface area contributed by atoms with Crippen molar-refractivity contribution < 1.29 is 17.0 Å². The summed E-state index contributed by atoms with van der Waals surface area (Å²) >= 11 is 0. The molecule has 0 saturated carbocycles. The second-order valence-corrected chi connectivity index (χ2v) is 4.50. The molecule has 1 aromatic carbocycles. The Morgan fingerprint density at radius 1 is 1.43 bits per heavy atom. The molecule has 0 heterocycles. The molecule has 0 aliphatic carbocycles. The molecule has 1 rings (SSSR count). The molecule has 0 amide bonds. The van der Waals surface area contributed by atoms with Crippen LogP contribution in [0.25, 0.3) is 0 Å². The van der Waals surface area contributed by atoms with E-state index in [-0.39, 0.29) is 11.4 Å². The summed E-state index contributed by atoms with van der Waals surface area (Å²) in [5.74, 6) is -0.547. The van der Waals surface area contributed by atoms with Gasteiger partial charge in [0.05, 0.1) is 11.9 Å². The zero-order valence-electron chi connectivity index (χ0n) is 7.74. The maximum absolute atomic E-state index is 12.9. The topological polar surface area (TPSA) is 69.4 Å². The van der Waals surface area contributed by atoms with E-state index < -0.39 is 15.9 Å². The van der Waals surface area contributed by atoms with Crippen LogP contribution in [0.2, 0.25) is 0 Å². The van der Waals surface area contributed by atoms with Gasteiger partial charge in [-0.25, -0.2) is 4.39 Å². The minimum atomic E-state index is -3.61. The van der Waals surface area contributed by atoms with Crippen molar-refractivity contribution in [2.45, 2.75) is 6.92 Å². The van der Waals surface area contributed by atoms with Crippen LogP contribution < -0.4 is 9.92 Å². The van der Waals surface area contributed by atoms with Crippen molar-refractivity contribution in [2.75, 3.05) is 12.0 Å². The Kier molecular flexibility index (Phi) is 2.66. The van der Waals surface area contributed by atoms with Crippen LogP contribution in [0.1, 0.15) is 5.56 Å². The van der Waals surface area contributed by atoms with E-state index in [1.54, 1.807) is 0 Å². The van der Waals surface area contributed by atoms with Gasteiger partial charge in [-0.3, -0.25) is 0 Å². The number of halogens is 1. The highest BCUT2D eigenvalue weighted by atomic mass is 32.2. The zero-order valence-corrected chi connectivity index (χ0v) is 8.56. The van der Waals surface area contributed by atoms with Crippen LogP contribution in [0.4, 0.5) is 10.1 Å². The van der Waals surface area contributed by atoms with Crippen molar-refractivity contribution in [2.24, 2.45) is 0 Å². The quantitative estimate of drug-likeness (QED) is 0.596. The van der Waals surface area contributed by atoms with Crippen LogP contribution >= 0.6 is 0 Å². The summed E-state index contributed by atoms with van der Waals surface area (Å²) in [6.07, 6.45) is 0.909. The van der Waals surface area contributed by atoms with Crippen LogP contribution in [0.3, 0.4) is 0 Å². The monoisotopic (exact) mass is 219 g/mol. The molecule has 6 heteroatoms. The standard InChI is InChI=1S/C8H10FNO3S/c1-5-3-6(9)7(10)4-8(5)13-14(2,11)12/h3-4H,10H2,1-2H3. The van der Waals surface area contributed by atoms with Gasteiger partial charge in [0.15, 0.2) is 0 Å². The maximum atomic E-state index is 12.9. The molecular weight excluding hydrogens is 209 g/mol. The lowest BCUT2D eigenvalue weighted by atomic mass is 10.2. The third-order valence-corrected chi connectivity index (χ3v) is 2.02. The molecular formula is C8H10FNO3S. The summed E-state index contributed by atoms with van der Waals surface area (Å²) in [5.41, 5.74) is 5.49. The van der Waals surface area contributed by atoms with Gasteiger partial charge < -0.3 is 9.92 Å². The smallest absolute Gasteiger partial charge is 0.306 e. The van der Waals surface area contributed by atoms with Crippen LogP contribution in [0.15, 0.2) is 12.1 Å². The SMILES string of the molecule is Cc1cc(F)c(N)cc1OS(C)(=O)=O. The average Bonchev–Trinajstić information content (AvgIpc) is 1.97. The predicted octanol–water partition coefficient (Wildman–Crippen LogP) is 1.05. The number of anilines is 1. The third-order valence-electron chi connectivity index (χ3n) is 1.54. The fourth-order valence-corrected chi connectivity index (χ4v) is 1.43. The van der Waals surface area contributed by atoms with Crippen molar-refractivity contribution in [1.82, 2.24) is 0 Å². The van der Waals surface area contributed by atoms with Crippen molar-refractivity contribution in [3.8, 4) is 5.75 Å². The summed E-state index contributed by atoms with van der Waals surface area (Å²) in [4.78, 5) is 0. The molecule has 78 valence electrons. The molecule has 0 saturated heterocycles. The maximum Gasteiger partial charge on any atom is 0.306 e. The van der Waals surface area contributed by atoms with Crippen molar-refractivity contribution in [3.63, 3.8) is 0 Å². The first-order valence-corrected chi connectivity index (χ1v) is 5.56. The molecule has 0 aromatic heterocycles. The van der Waals surface area contributed by atoms with E-state index in [1.165, 1.54) is 6.92 Å². The minimum absolute atomic E-state index is 0.0476. The first kappa shape index (κ1) is 10.8. The Labute approximate surface area is 81.6 Å². The lowest BCUT2D eigenvalue weighted by Crippen LogP contribution is -2.07. The molecule has 0 aliphatic rings. The first-order valence-electron chi connectivity index (χ1n) is 3.74. The summed E-state index contributed by atoms with van der Waals surface area (Å²) < 4.78 is 39.0. The minimum Gasteiger partial charge on any atom is -0.396 e. The second kappa shape index (κ2) is 3.45. The fraction of sp³-hybridized carbons (Fsp3) is 0.250. The largest absolute Gasteiger partial charge is 0.396 e. The van der Waals surface area contributed by atoms with Crippen LogP contribution in [0.5, 0.6) is 5.75 Å².